The summed E-state index contributed by atoms with van der Waals surface area (Å²) in [5, 5.41) is 0. The van der Waals surface area contributed by atoms with Gasteiger partial charge < -0.3 is 0 Å². The molecular weight excluding hydrogens is 174 g/mol. The van der Waals surface area contributed by atoms with Gasteiger partial charge in [-0.15, -0.1) is 0 Å². The van der Waals surface area contributed by atoms with Crippen molar-refractivity contribution < 1.29 is 4.79 Å². The molecule has 0 saturated carbocycles. The Bertz CT molecular complexity index is 239. The van der Waals surface area contributed by atoms with Gasteiger partial charge in [-0.2, -0.15) is 0 Å². The van der Waals surface area contributed by atoms with E-state index in [-0.39, 0.29) is 0 Å². The Morgan fingerprint density at radius 2 is 2.00 bits per heavy atom. The number of hydrogen-bond donors (Lipinski definition) is 0. The average molecular weight is 193 g/mol. The van der Waals surface area contributed by atoms with Crippen LogP contribution in [0.25, 0.3) is 0 Å². The molecule has 1 fully saturated rings. The first-order chi connectivity index (χ1) is 6.86. The summed E-state index contributed by atoms with van der Waals surface area (Å²) in [4.78, 5) is 14.1. The molecule has 78 valence electrons. The highest BCUT2D eigenvalue weighted by molar-refractivity contribution is 5.96. The van der Waals surface area contributed by atoms with Crippen LogP contribution in [-0.4, -0.2) is 30.3 Å². The molecule has 14 heavy (non-hydrogen) atoms. The summed E-state index contributed by atoms with van der Waals surface area (Å²) in [6, 6.07) is 0. The number of carbonyl (C=O) groups is 1. The second kappa shape index (κ2) is 4.74. The molecule has 0 aromatic heterocycles. The second-order valence-corrected chi connectivity index (χ2v) is 4.38. The smallest absolute Gasteiger partial charge is 0.172 e. The number of likely N-dealkylation sites (tertiary alicyclic amines) is 1. The predicted octanol–water partition coefficient (Wildman–Crippen LogP) is 2.15. The largest absolute Gasteiger partial charge is 0.296 e. The Hall–Kier alpha value is -0.630. The predicted molar refractivity (Wildman–Crippen MR) is 57.2 cm³/mol. The average Bonchev–Trinajstić information content (AvgIpc) is 2.72. The van der Waals surface area contributed by atoms with Gasteiger partial charge in [0, 0.05) is 0 Å². The van der Waals surface area contributed by atoms with Crippen LogP contribution in [0.3, 0.4) is 0 Å². The van der Waals surface area contributed by atoms with E-state index in [0.29, 0.717) is 12.3 Å². The minimum Gasteiger partial charge on any atom is -0.296 e. The lowest BCUT2D eigenvalue weighted by Crippen LogP contribution is -2.28. The molecule has 0 atom stereocenters. The van der Waals surface area contributed by atoms with Gasteiger partial charge in [0.25, 0.3) is 0 Å². The zero-order chi connectivity index (χ0) is 9.80. The normalized spacial score (nSPS) is 23.6. The third kappa shape index (κ3) is 2.44. The van der Waals surface area contributed by atoms with Crippen LogP contribution < -0.4 is 0 Å². The van der Waals surface area contributed by atoms with E-state index in [1.54, 1.807) is 0 Å². The van der Waals surface area contributed by atoms with Crippen molar-refractivity contribution in [1.82, 2.24) is 4.90 Å². The molecule has 1 aliphatic carbocycles. The van der Waals surface area contributed by atoms with E-state index in [4.69, 9.17) is 0 Å². The first-order valence-corrected chi connectivity index (χ1v) is 5.81. The summed E-state index contributed by atoms with van der Waals surface area (Å²) in [6.07, 6.45) is 9.30. The van der Waals surface area contributed by atoms with Gasteiger partial charge in [0.2, 0.25) is 0 Å². The summed E-state index contributed by atoms with van der Waals surface area (Å²) in [7, 11) is 0. The van der Waals surface area contributed by atoms with Crippen LogP contribution in [0.4, 0.5) is 0 Å². The van der Waals surface area contributed by atoms with Gasteiger partial charge in [-0.1, -0.05) is 6.08 Å². The lowest BCUT2D eigenvalue weighted by molar-refractivity contribution is -0.116. The Kier molecular flexibility index (Phi) is 3.35. The van der Waals surface area contributed by atoms with Gasteiger partial charge in [0.15, 0.2) is 5.78 Å². The monoisotopic (exact) mass is 193 g/mol. The van der Waals surface area contributed by atoms with Crippen molar-refractivity contribution in [3.05, 3.63) is 11.6 Å². The molecule has 0 spiro atoms. The van der Waals surface area contributed by atoms with Gasteiger partial charge >= 0.3 is 0 Å². The maximum Gasteiger partial charge on any atom is 0.172 e. The van der Waals surface area contributed by atoms with Crippen LogP contribution in [0, 0.1) is 0 Å². The van der Waals surface area contributed by atoms with E-state index in [9.17, 15) is 4.79 Å². The van der Waals surface area contributed by atoms with Crippen molar-refractivity contribution in [3.63, 3.8) is 0 Å². The molecule has 0 aromatic carbocycles. The van der Waals surface area contributed by atoms with E-state index >= 15 is 0 Å². The van der Waals surface area contributed by atoms with E-state index in [1.807, 2.05) is 0 Å². The number of allylic oxidation sites excluding steroid dienone is 1. The molecule has 2 nitrogen and oxygen atoms in total. The topological polar surface area (TPSA) is 20.3 Å². The molecule has 2 rings (SSSR count). The van der Waals surface area contributed by atoms with Crippen LogP contribution in [-0.2, 0) is 4.79 Å². The van der Waals surface area contributed by atoms with Crippen LogP contribution in [0.1, 0.15) is 38.5 Å². The van der Waals surface area contributed by atoms with Crippen molar-refractivity contribution in [2.24, 2.45) is 0 Å². The molecule has 0 unspecified atom stereocenters. The summed E-state index contributed by atoms with van der Waals surface area (Å²) in [6.45, 7) is 2.92. The Balaban J connectivity index is 1.84. The first-order valence-electron chi connectivity index (χ1n) is 5.81. The molecular formula is C12H19NO. The fraction of sp³-hybridized carbons (Fsp3) is 0.750. The molecule has 1 saturated heterocycles. The van der Waals surface area contributed by atoms with Crippen molar-refractivity contribution in [2.75, 3.05) is 19.6 Å². The van der Waals surface area contributed by atoms with E-state index in [1.165, 1.54) is 25.7 Å². The van der Waals surface area contributed by atoms with Crippen LogP contribution in [0.5, 0.6) is 0 Å². The number of rotatable bonds is 3. The van der Waals surface area contributed by atoms with Crippen molar-refractivity contribution in [3.8, 4) is 0 Å². The number of Topliss-reactive ketones (excluding diaryl/α,β-unsaturated/α-hetero) is 1. The quantitative estimate of drug-likeness (QED) is 0.684. The molecule has 2 aliphatic rings. The highest BCUT2D eigenvalue weighted by atomic mass is 16.1. The molecule has 0 bridgehead atoms. The minimum absolute atomic E-state index is 0.381. The highest BCUT2D eigenvalue weighted by Crippen LogP contribution is 2.19. The van der Waals surface area contributed by atoms with Crippen LogP contribution in [0.15, 0.2) is 11.6 Å². The maximum absolute atomic E-state index is 11.8. The summed E-state index contributed by atoms with van der Waals surface area (Å²) >= 11 is 0. The van der Waals surface area contributed by atoms with E-state index in [2.05, 4.69) is 11.0 Å². The Labute approximate surface area is 86.0 Å². The summed E-state index contributed by atoms with van der Waals surface area (Å²) in [5.74, 6) is 0.381. The zero-order valence-electron chi connectivity index (χ0n) is 8.80. The second-order valence-electron chi connectivity index (χ2n) is 4.38. The van der Waals surface area contributed by atoms with Crippen LogP contribution >= 0.6 is 0 Å². The van der Waals surface area contributed by atoms with Gasteiger partial charge in [0.1, 0.15) is 0 Å². The SMILES string of the molecule is O=C(CN1CCCC1)C1=CCCCC1. The van der Waals surface area contributed by atoms with Gasteiger partial charge in [-0.25, -0.2) is 0 Å². The fourth-order valence-corrected chi connectivity index (χ4v) is 2.34. The summed E-state index contributed by atoms with van der Waals surface area (Å²) in [5.41, 5.74) is 1.10. The first kappa shape index (κ1) is 9.91. The van der Waals surface area contributed by atoms with Crippen molar-refractivity contribution in [2.45, 2.75) is 38.5 Å². The van der Waals surface area contributed by atoms with E-state index < -0.39 is 0 Å². The third-order valence-corrected chi connectivity index (χ3v) is 3.22. The fourth-order valence-electron chi connectivity index (χ4n) is 2.34. The van der Waals surface area contributed by atoms with Gasteiger partial charge in [0.05, 0.1) is 6.54 Å². The highest BCUT2D eigenvalue weighted by Gasteiger charge is 2.18. The van der Waals surface area contributed by atoms with E-state index in [0.717, 1.165) is 31.5 Å². The van der Waals surface area contributed by atoms with Crippen molar-refractivity contribution in [1.29, 1.82) is 0 Å². The Morgan fingerprint density at radius 3 is 2.64 bits per heavy atom. The lowest BCUT2D eigenvalue weighted by atomic mass is 9.96. The standard InChI is InChI=1S/C12H19NO/c14-12(10-13-8-4-5-9-13)11-6-2-1-3-7-11/h6H,1-5,7-10H2. The Morgan fingerprint density at radius 1 is 1.21 bits per heavy atom. The maximum atomic E-state index is 11.8. The number of nitrogens with zero attached hydrogens (tertiary/aromatic N) is 1. The molecule has 0 radical (unpaired) electrons. The molecule has 0 aromatic rings. The molecule has 1 heterocycles. The van der Waals surface area contributed by atoms with Crippen LogP contribution in [0.2, 0.25) is 0 Å². The zero-order valence-corrected chi connectivity index (χ0v) is 8.80. The molecule has 2 heteroatoms. The van der Waals surface area contributed by atoms with Gasteiger partial charge in [-0.05, 0) is 57.2 Å². The lowest BCUT2D eigenvalue weighted by Gasteiger charge is -2.16. The number of hydrogen-bond acceptors (Lipinski definition) is 2. The van der Waals surface area contributed by atoms with Crippen molar-refractivity contribution >= 4 is 5.78 Å². The number of ketones is 1. The number of carbonyl (C=O) groups excluding carboxylic acids is 1. The summed E-state index contributed by atoms with van der Waals surface area (Å²) < 4.78 is 0. The third-order valence-electron chi connectivity index (χ3n) is 3.22. The molecule has 0 N–H and O–H groups in total. The minimum atomic E-state index is 0.381. The molecule has 0 amide bonds. The van der Waals surface area contributed by atoms with Gasteiger partial charge in [-0.3, -0.25) is 9.69 Å². The molecule has 1 aliphatic heterocycles.